The summed E-state index contributed by atoms with van der Waals surface area (Å²) in [5.74, 6) is -0.251. The van der Waals surface area contributed by atoms with E-state index in [2.05, 4.69) is 15.4 Å². The summed E-state index contributed by atoms with van der Waals surface area (Å²) >= 11 is 1.50. The lowest BCUT2D eigenvalue weighted by Gasteiger charge is -2.10. The van der Waals surface area contributed by atoms with Crippen molar-refractivity contribution in [3.8, 4) is 5.69 Å². The lowest BCUT2D eigenvalue weighted by atomic mass is 10.1. The van der Waals surface area contributed by atoms with E-state index in [-0.39, 0.29) is 12.3 Å². The molecule has 0 fully saturated rings. The van der Waals surface area contributed by atoms with E-state index in [4.69, 9.17) is 0 Å². The van der Waals surface area contributed by atoms with Gasteiger partial charge in [-0.15, -0.1) is 11.8 Å². The Morgan fingerprint density at radius 2 is 1.97 bits per heavy atom. The van der Waals surface area contributed by atoms with Gasteiger partial charge in [-0.05, 0) is 50.4 Å². The monoisotopic (exact) mass is 420 g/mol. The summed E-state index contributed by atoms with van der Waals surface area (Å²) in [6.45, 7) is 3.46. The first-order valence-electron chi connectivity index (χ1n) is 8.71. The van der Waals surface area contributed by atoms with Crippen molar-refractivity contribution in [1.29, 1.82) is 0 Å². The summed E-state index contributed by atoms with van der Waals surface area (Å²) < 4.78 is 40.5. The second kappa shape index (κ2) is 8.28. The Hall–Kier alpha value is -2.81. The molecule has 0 bridgehead atoms. The van der Waals surface area contributed by atoms with Crippen molar-refractivity contribution in [3.05, 3.63) is 65.1 Å². The smallest absolute Gasteiger partial charge is 0.324 e. The maximum atomic E-state index is 13.0. The third-order valence-electron chi connectivity index (χ3n) is 4.43. The quantitative estimate of drug-likeness (QED) is 0.602. The van der Waals surface area contributed by atoms with Gasteiger partial charge in [-0.3, -0.25) is 4.79 Å². The van der Waals surface area contributed by atoms with Crippen LogP contribution in [0.5, 0.6) is 0 Å². The summed E-state index contributed by atoms with van der Waals surface area (Å²) in [5.41, 5.74) is 2.01. The Kier molecular flexibility index (Phi) is 5.97. The number of amides is 1. The molecule has 0 radical (unpaired) electrons. The van der Waals surface area contributed by atoms with Crippen LogP contribution in [0.2, 0.25) is 0 Å². The van der Waals surface area contributed by atoms with Crippen molar-refractivity contribution < 1.29 is 18.0 Å². The molecule has 0 saturated heterocycles. The predicted octanol–water partition coefficient (Wildman–Crippen LogP) is 4.81. The molecule has 0 saturated carbocycles. The van der Waals surface area contributed by atoms with E-state index in [0.29, 0.717) is 28.3 Å². The molecule has 0 unspecified atom stereocenters. The van der Waals surface area contributed by atoms with Crippen LogP contribution in [0, 0.1) is 13.8 Å². The molecule has 1 N–H and O–H groups in total. The van der Waals surface area contributed by atoms with Crippen molar-refractivity contribution in [2.75, 3.05) is 11.6 Å². The maximum Gasteiger partial charge on any atom is 0.416 e. The number of aromatic nitrogens is 3. The highest BCUT2D eigenvalue weighted by Gasteiger charge is 2.30. The Morgan fingerprint density at radius 3 is 2.59 bits per heavy atom. The summed E-state index contributed by atoms with van der Waals surface area (Å²) in [4.78, 5) is 16.6. The van der Waals surface area contributed by atoms with Gasteiger partial charge < -0.3 is 5.32 Å². The van der Waals surface area contributed by atoms with Gasteiger partial charge in [0.25, 0.3) is 0 Å². The molecule has 9 heteroatoms. The van der Waals surface area contributed by atoms with Gasteiger partial charge in [0, 0.05) is 11.3 Å². The number of hydrogen-bond acceptors (Lipinski definition) is 4. The number of aryl methyl sites for hydroxylation is 1. The average Bonchev–Trinajstić information content (AvgIpc) is 2.96. The number of nitrogens with one attached hydrogen (secondary N) is 1. The third kappa shape index (κ3) is 4.79. The summed E-state index contributed by atoms with van der Waals surface area (Å²) in [5, 5.41) is 7.96. The second-order valence-corrected chi connectivity index (χ2v) is 7.25. The highest BCUT2D eigenvalue weighted by molar-refractivity contribution is 7.98. The first-order valence-corrected chi connectivity index (χ1v) is 9.94. The number of halogens is 3. The molecule has 0 aliphatic heterocycles. The minimum Gasteiger partial charge on any atom is -0.324 e. The topological polar surface area (TPSA) is 59.8 Å². The number of alkyl halides is 3. The van der Waals surface area contributed by atoms with Crippen LogP contribution in [-0.4, -0.2) is 26.9 Å². The van der Waals surface area contributed by atoms with Crippen LogP contribution >= 0.6 is 11.8 Å². The van der Waals surface area contributed by atoms with Crippen LogP contribution < -0.4 is 5.32 Å². The number of benzene rings is 1. The molecule has 3 rings (SSSR count). The normalized spacial score (nSPS) is 11.5. The molecule has 3 aromatic rings. The van der Waals surface area contributed by atoms with Gasteiger partial charge in [0.05, 0.1) is 40.3 Å². The Morgan fingerprint density at radius 1 is 1.21 bits per heavy atom. The number of nitrogens with zero attached hydrogens (tertiary/aromatic N) is 3. The van der Waals surface area contributed by atoms with Gasteiger partial charge in [-0.2, -0.15) is 18.3 Å². The van der Waals surface area contributed by atoms with Gasteiger partial charge in [0.15, 0.2) is 0 Å². The highest BCUT2D eigenvalue weighted by atomic mass is 32.2. The largest absolute Gasteiger partial charge is 0.416 e. The molecular weight excluding hydrogens is 401 g/mol. The van der Waals surface area contributed by atoms with Crippen LogP contribution in [0.15, 0.2) is 47.6 Å². The van der Waals surface area contributed by atoms with E-state index in [0.717, 1.165) is 17.2 Å². The van der Waals surface area contributed by atoms with E-state index in [1.807, 2.05) is 12.3 Å². The standard InChI is InChI=1S/C20H19F3N4OS/c1-12-17(10-18(28)25-15-7-8-19(29-3)24-11-15)13(2)27(26-12)16-6-4-5-14(9-16)20(21,22)23/h4-9,11H,10H2,1-3H3,(H,25,28). The van der Waals surface area contributed by atoms with Gasteiger partial charge in [0.1, 0.15) is 0 Å². The third-order valence-corrected chi connectivity index (χ3v) is 5.09. The minimum absolute atomic E-state index is 0.0565. The van der Waals surface area contributed by atoms with Gasteiger partial charge in [-0.1, -0.05) is 6.07 Å². The Balaban J connectivity index is 1.81. The zero-order valence-electron chi connectivity index (χ0n) is 16.0. The van der Waals surface area contributed by atoms with Gasteiger partial charge in [-0.25, -0.2) is 9.67 Å². The molecule has 0 aliphatic rings. The van der Waals surface area contributed by atoms with Crippen LogP contribution in [0.3, 0.4) is 0 Å². The minimum atomic E-state index is -4.44. The molecule has 0 spiro atoms. The lowest BCUT2D eigenvalue weighted by molar-refractivity contribution is -0.137. The number of carbonyl (C=O) groups is 1. The molecule has 152 valence electrons. The average molecular weight is 420 g/mol. The fourth-order valence-corrected chi connectivity index (χ4v) is 3.30. The van der Waals surface area contributed by atoms with Crippen molar-refractivity contribution in [2.45, 2.75) is 31.5 Å². The van der Waals surface area contributed by atoms with Crippen LogP contribution in [0.25, 0.3) is 5.69 Å². The second-order valence-electron chi connectivity index (χ2n) is 6.42. The molecule has 1 aromatic carbocycles. The molecule has 5 nitrogen and oxygen atoms in total. The SMILES string of the molecule is CSc1ccc(NC(=O)Cc2c(C)nn(-c3cccc(C(F)(F)F)c3)c2C)cn1. The Bertz CT molecular complexity index is 1030. The number of rotatable bonds is 5. The molecule has 29 heavy (non-hydrogen) atoms. The van der Waals surface area contributed by atoms with Gasteiger partial charge in [0.2, 0.25) is 5.91 Å². The maximum absolute atomic E-state index is 13.0. The first kappa shape index (κ1) is 20.9. The van der Waals surface area contributed by atoms with E-state index >= 15 is 0 Å². The van der Waals surface area contributed by atoms with E-state index in [1.54, 1.807) is 32.2 Å². The lowest BCUT2D eigenvalue weighted by Crippen LogP contribution is -2.15. The zero-order chi connectivity index (χ0) is 21.2. The molecule has 2 heterocycles. The molecular formula is C20H19F3N4OS. The predicted molar refractivity (Wildman–Crippen MR) is 106 cm³/mol. The summed E-state index contributed by atoms with van der Waals surface area (Å²) in [6, 6.07) is 8.52. The van der Waals surface area contributed by atoms with E-state index in [9.17, 15) is 18.0 Å². The number of anilines is 1. The van der Waals surface area contributed by atoms with Crippen molar-refractivity contribution in [3.63, 3.8) is 0 Å². The van der Waals surface area contributed by atoms with Crippen LogP contribution in [0.1, 0.15) is 22.5 Å². The van der Waals surface area contributed by atoms with Crippen molar-refractivity contribution in [1.82, 2.24) is 14.8 Å². The fraction of sp³-hybridized carbons (Fsp3) is 0.250. The highest BCUT2D eigenvalue weighted by Crippen LogP contribution is 2.31. The van der Waals surface area contributed by atoms with Crippen LogP contribution in [-0.2, 0) is 17.4 Å². The Labute approximate surface area is 170 Å². The van der Waals surface area contributed by atoms with E-state index < -0.39 is 11.7 Å². The number of thioether (sulfide) groups is 1. The molecule has 1 amide bonds. The van der Waals surface area contributed by atoms with Crippen LogP contribution in [0.4, 0.5) is 18.9 Å². The number of pyridine rings is 1. The van der Waals surface area contributed by atoms with Crippen molar-refractivity contribution in [2.24, 2.45) is 0 Å². The molecule has 0 atom stereocenters. The molecule has 0 aliphatic carbocycles. The van der Waals surface area contributed by atoms with E-state index in [1.165, 1.54) is 22.5 Å². The summed E-state index contributed by atoms with van der Waals surface area (Å²) in [6.07, 6.45) is -0.890. The number of hydrogen-bond donors (Lipinski definition) is 1. The summed E-state index contributed by atoms with van der Waals surface area (Å²) in [7, 11) is 0. The number of carbonyl (C=O) groups excluding carboxylic acids is 1. The fourth-order valence-electron chi connectivity index (χ4n) is 2.94. The van der Waals surface area contributed by atoms with Gasteiger partial charge >= 0.3 is 6.18 Å². The molecule has 2 aromatic heterocycles. The zero-order valence-corrected chi connectivity index (χ0v) is 16.9. The first-order chi connectivity index (χ1) is 13.7. The van der Waals surface area contributed by atoms with Crippen molar-refractivity contribution >= 4 is 23.4 Å².